The number of hydrogen-bond acceptors (Lipinski definition) is 3. The molecule has 0 unspecified atom stereocenters. The van der Waals surface area contributed by atoms with Crippen LogP contribution in [0.4, 0.5) is 0 Å². The predicted octanol–water partition coefficient (Wildman–Crippen LogP) is 10.6. The first kappa shape index (κ1) is 29.2. The summed E-state index contributed by atoms with van der Waals surface area (Å²) in [5.74, 6) is 3.63. The third kappa shape index (κ3) is 4.55. The number of ether oxygens (including phenoxy) is 3. The molecule has 45 heavy (non-hydrogen) atoms. The lowest BCUT2D eigenvalue weighted by Gasteiger charge is -2.41. The number of benzene rings is 5. The van der Waals surface area contributed by atoms with Crippen molar-refractivity contribution < 1.29 is 14.2 Å². The maximum absolute atomic E-state index is 7.51. The van der Waals surface area contributed by atoms with E-state index in [2.05, 4.69) is 113 Å². The monoisotopic (exact) mass is 594 g/mol. The molecule has 5 aromatic rings. The maximum Gasteiger partial charge on any atom is 0.178 e. The van der Waals surface area contributed by atoms with Crippen LogP contribution in [0.5, 0.6) is 17.2 Å². The van der Waals surface area contributed by atoms with Gasteiger partial charge in [0, 0.05) is 27.5 Å². The van der Waals surface area contributed by atoms with E-state index in [0.29, 0.717) is 11.8 Å². The molecule has 0 N–H and O–H groups in total. The summed E-state index contributed by atoms with van der Waals surface area (Å²) in [6.45, 7) is 9.45. The van der Waals surface area contributed by atoms with Gasteiger partial charge in [-0.05, 0) is 82.7 Å². The first-order valence-electron chi connectivity index (χ1n) is 16.2. The molecule has 0 saturated carbocycles. The standard InChI is InChI=1S/C42H42O3/c1-27(2)25-41(26-28(3)4)37-14-10-9-13-35(37)38-33-11-7-8-12-34(33)40-36(39(38)41)23-24-42(45-40,29-15-19-31(43-5)20-16-29)30-17-21-32(44-6)22-18-30/h7-24,27-28H,25-26H2,1-6H3. The zero-order valence-electron chi connectivity index (χ0n) is 27.2. The van der Waals surface area contributed by atoms with Gasteiger partial charge in [0.25, 0.3) is 0 Å². The Morgan fingerprint density at radius 3 is 1.73 bits per heavy atom. The van der Waals surface area contributed by atoms with Crippen molar-refractivity contribution in [2.24, 2.45) is 11.8 Å². The Morgan fingerprint density at radius 1 is 0.644 bits per heavy atom. The van der Waals surface area contributed by atoms with Crippen LogP contribution in [0.3, 0.4) is 0 Å². The van der Waals surface area contributed by atoms with Crippen LogP contribution in [0, 0.1) is 11.8 Å². The number of fused-ring (bicyclic) bond motifs is 8. The molecular weight excluding hydrogens is 552 g/mol. The zero-order valence-corrected chi connectivity index (χ0v) is 27.2. The molecule has 0 bridgehead atoms. The van der Waals surface area contributed by atoms with Crippen molar-refractivity contribution in [2.75, 3.05) is 14.2 Å². The average molecular weight is 595 g/mol. The highest BCUT2D eigenvalue weighted by Gasteiger charge is 2.48. The third-order valence-electron chi connectivity index (χ3n) is 9.69. The van der Waals surface area contributed by atoms with Crippen molar-refractivity contribution in [3.05, 3.63) is 131 Å². The maximum atomic E-state index is 7.51. The van der Waals surface area contributed by atoms with E-state index in [1.54, 1.807) is 14.2 Å². The Morgan fingerprint density at radius 2 is 1.18 bits per heavy atom. The molecule has 228 valence electrons. The molecule has 0 spiro atoms. The highest BCUT2D eigenvalue weighted by Crippen LogP contribution is 2.61. The molecule has 1 aliphatic heterocycles. The molecule has 7 rings (SSSR count). The van der Waals surface area contributed by atoms with Crippen molar-refractivity contribution in [2.45, 2.75) is 51.6 Å². The van der Waals surface area contributed by atoms with E-state index < -0.39 is 5.60 Å². The van der Waals surface area contributed by atoms with Gasteiger partial charge in [-0.3, -0.25) is 0 Å². The summed E-state index contributed by atoms with van der Waals surface area (Å²) in [6, 6.07) is 34.5. The fourth-order valence-corrected chi connectivity index (χ4v) is 8.18. The summed E-state index contributed by atoms with van der Waals surface area (Å²) >= 11 is 0. The van der Waals surface area contributed by atoms with Gasteiger partial charge in [-0.1, -0.05) is 107 Å². The fourth-order valence-electron chi connectivity index (χ4n) is 8.18. The minimum Gasteiger partial charge on any atom is -0.497 e. The molecule has 2 aliphatic rings. The Hall–Kier alpha value is -4.50. The Balaban J connectivity index is 1.55. The first-order chi connectivity index (χ1) is 21.8. The second-order valence-electron chi connectivity index (χ2n) is 13.5. The average Bonchev–Trinajstić information content (AvgIpc) is 3.33. The van der Waals surface area contributed by atoms with E-state index in [1.807, 2.05) is 24.3 Å². The molecule has 0 saturated heterocycles. The molecule has 3 heteroatoms. The van der Waals surface area contributed by atoms with Crippen LogP contribution in [-0.2, 0) is 11.0 Å². The minimum absolute atomic E-state index is 0.115. The molecule has 0 atom stereocenters. The zero-order chi connectivity index (χ0) is 31.3. The van der Waals surface area contributed by atoms with Crippen LogP contribution in [0.15, 0.2) is 103 Å². The summed E-state index contributed by atoms with van der Waals surface area (Å²) in [7, 11) is 3.40. The van der Waals surface area contributed by atoms with Crippen molar-refractivity contribution in [1.82, 2.24) is 0 Å². The quantitative estimate of drug-likeness (QED) is 0.179. The van der Waals surface area contributed by atoms with Crippen molar-refractivity contribution in [3.63, 3.8) is 0 Å². The van der Waals surface area contributed by atoms with Crippen molar-refractivity contribution in [1.29, 1.82) is 0 Å². The molecule has 0 fully saturated rings. The summed E-state index contributed by atoms with van der Waals surface area (Å²) in [5, 5.41) is 2.39. The Bertz CT molecular complexity index is 1840. The molecule has 0 amide bonds. The first-order valence-corrected chi connectivity index (χ1v) is 16.2. The summed E-state index contributed by atoms with van der Waals surface area (Å²) < 4.78 is 18.6. The number of rotatable bonds is 8. The Labute approximate surface area is 267 Å². The molecule has 0 aromatic heterocycles. The van der Waals surface area contributed by atoms with E-state index in [0.717, 1.165) is 46.6 Å². The van der Waals surface area contributed by atoms with E-state index in [9.17, 15) is 0 Å². The van der Waals surface area contributed by atoms with Gasteiger partial charge in [0.05, 0.1) is 14.2 Å². The highest BCUT2D eigenvalue weighted by molar-refractivity contribution is 6.08. The molecule has 1 aliphatic carbocycles. The van der Waals surface area contributed by atoms with E-state index in [-0.39, 0.29) is 5.41 Å². The van der Waals surface area contributed by atoms with Crippen molar-refractivity contribution >= 4 is 16.8 Å². The van der Waals surface area contributed by atoms with Crippen LogP contribution >= 0.6 is 0 Å². The molecule has 5 aromatic carbocycles. The van der Waals surface area contributed by atoms with Gasteiger partial charge >= 0.3 is 0 Å². The van der Waals surface area contributed by atoms with Gasteiger partial charge in [-0.25, -0.2) is 0 Å². The lowest BCUT2D eigenvalue weighted by Crippen LogP contribution is -2.36. The minimum atomic E-state index is -0.841. The van der Waals surface area contributed by atoms with Crippen LogP contribution < -0.4 is 14.2 Å². The third-order valence-corrected chi connectivity index (χ3v) is 9.69. The summed E-state index contributed by atoms with van der Waals surface area (Å²) in [4.78, 5) is 0. The van der Waals surface area contributed by atoms with Crippen LogP contribution in [0.25, 0.3) is 28.0 Å². The molecule has 1 heterocycles. The van der Waals surface area contributed by atoms with Crippen LogP contribution in [0.1, 0.15) is 68.4 Å². The lowest BCUT2D eigenvalue weighted by molar-refractivity contribution is 0.163. The van der Waals surface area contributed by atoms with Gasteiger partial charge in [0.1, 0.15) is 17.2 Å². The molecule has 3 nitrogen and oxygen atoms in total. The van der Waals surface area contributed by atoms with E-state index in [4.69, 9.17) is 14.2 Å². The summed E-state index contributed by atoms with van der Waals surface area (Å²) in [5.41, 5.74) is 7.95. The predicted molar refractivity (Wildman–Crippen MR) is 186 cm³/mol. The lowest BCUT2D eigenvalue weighted by atomic mass is 9.66. The van der Waals surface area contributed by atoms with Gasteiger partial charge in [-0.15, -0.1) is 0 Å². The second kappa shape index (κ2) is 11.1. The SMILES string of the molecule is COc1ccc(C2(c3ccc(OC)cc3)C=Cc3c4c(c5ccccc5c3O2)-c2ccccc2C4(CC(C)C)CC(C)C)cc1. The van der Waals surface area contributed by atoms with Gasteiger partial charge in [0.15, 0.2) is 5.60 Å². The number of methoxy groups -OCH3 is 2. The van der Waals surface area contributed by atoms with E-state index >= 15 is 0 Å². The second-order valence-corrected chi connectivity index (χ2v) is 13.5. The van der Waals surface area contributed by atoms with Gasteiger partial charge in [-0.2, -0.15) is 0 Å². The van der Waals surface area contributed by atoms with Gasteiger partial charge < -0.3 is 14.2 Å². The molecule has 0 radical (unpaired) electrons. The smallest absolute Gasteiger partial charge is 0.178 e. The van der Waals surface area contributed by atoms with E-state index in [1.165, 1.54) is 33.2 Å². The van der Waals surface area contributed by atoms with Crippen LogP contribution in [0.2, 0.25) is 0 Å². The largest absolute Gasteiger partial charge is 0.497 e. The highest BCUT2D eigenvalue weighted by atomic mass is 16.5. The Kier molecular flexibility index (Phi) is 7.23. The summed E-state index contributed by atoms with van der Waals surface area (Å²) in [6.07, 6.45) is 6.79. The normalized spacial score (nSPS) is 15.5. The van der Waals surface area contributed by atoms with Crippen LogP contribution in [-0.4, -0.2) is 14.2 Å². The number of hydrogen-bond donors (Lipinski definition) is 0. The van der Waals surface area contributed by atoms with Crippen molar-refractivity contribution in [3.8, 4) is 28.4 Å². The van der Waals surface area contributed by atoms with Gasteiger partial charge in [0.2, 0.25) is 0 Å². The fraction of sp³-hybridized carbons (Fsp3) is 0.286. The topological polar surface area (TPSA) is 27.7 Å². The molecular formula is C42H42O3.